The molecule has 7 heteroatoms. The highest BCUT2D eigenvalue weighted by Gasteiger charge is 2.34. The summed E-state index contributed by atoms with van der Waals surface area (Å²) >= 11 is 8.77. The predicted molar refractivity (Wildman–Crippen MR) is 60.8 cm³/mol. The van der Waals surface area contributed by atoms with Gasteiger partial charge in [0.2, 0.25) is 0 Å². The minimum atomic E-state index is -4.45. The van der Waals surface area contributed by atoms with E-state index in [9.17, 15) is 13.2 Å². The molecule has 0 unspecified atom stereocenters. The average Bonchev–Trinajstić information content (AvgIpc) is 2.23. The van der Waals surface area contributed by atoms with E-state index < -0.39 is 11.7 Å². The van der Waals surface area contributed by atoms with Crippen LogP contribution >= 0.6 is 27.5 Å². The molecule has 0 saturated heterocycles. The Labute approximate surface area is 110 Å². The van der Waals surface area contributed by atoms with Crippen molar-refractivity contribution in [1.29, 1.82) is 0 Å². The molecule has 0 aromatic heterocycles. The smallest absolute Gasteiger partial charge is 0.359 e. The molecule has 2 nitrogen and oxygen atoms in total. The highest BCUT2D eigenvalue weighted by atomic mass is 79.9. The molecule has 0 bridgehead atoms. The van der Waals surface area contributed by atoms with Gasteiger partial charge in [-0.05, 0) is 28.1 Å². The van der Waals surface area contributed by atoms with Gasteiger partial charge in [0.25, 0.3) is 0 Å². The lowest BCUT2D eigenvalue weighted by molar-refractivity contribution is -0.139. The van der Waals surface area contributed by atoms with E-state index in [0.717, 1.165) is 6.07 Å². The molecule has 1 aromatic carbocycles. The third-order valence-corrected chi connectivity index (χ3v) is 3.40. The van der Waals surface area contributed by atoms with Crippen LogP contribution < -0.4 is 0 Å². The van der Waals surface area contributed by atoms with Crippen LogP contribution in [0.5, 0.6) is 0 Å². The lowest BCUT2D eigenvalue weighted by Gasteiger charge is -2.15. The Morgan fingerprint density at radius 3 is 2.53 bits per heavy atom. The molecule has 0 aliphatic heterocycles. The summed E-state index contributed by atoms with van der Waals surface area (Å²) in [5, 5.41) is 0.203. The summed E-state index contributed by atoms with van der Waals surface area (Å²) in [5.41, 5.74) is -0.813. The number of rotatable bonds is 4. The fourth-order valence-electron chi connectivity index (χ4n) is 1.23. The second-order valence-corrected chi connectivity index (χ2v) is 4.34. The van der Waals surface area contributed by atoms with Crippen molar-refractivity contribution in [2.24, 2.45) is 0 Å². The van der Waals surface area contributed by atoms with E-state index in [1.807, 2.05) is 0 Å². The number of halogens is 5. The van der Waals surface area contributed by atoms with Gasteiger partial charge in [-0.15, -0.1) is 0 Å². The van der Waals surface area contributed by atoms with E-state index in [-0.39, 0.29) is 28.5 Å². The molecule has 0 atom stereocenters. The Bertz CT molecular complexity index is 396. The van der Waals surface area contributed by atoms with Gasteiger partial charge < -0.3 is 9.47 Å². The first-order valence-electron chi connectivity index (χ1n) is 4.48. The van der Waals surface area contributed by atoms with E-state index in [0.29, 0.717) is 0 Å². The number of alkyl halides is 3. The van der Waals surface area contributed by atoms with E-state index in [1.165, 1.54) is 13.2 Å². The highest BCUT2D eigenvalue weighted by molar-refractivity contribution is 9.10. The van der Waals surface area contributed by atoms with Crippen molar-refractivity contribution in [2.75, 3.05) is 13.9 Å². The minimum absolute atomic E-state index is 0.0398. The molecule has 0 saturated carbocycles. The van der Waals surface area contributed by atoms with Crippen molar-refractivity contribution in [3.8, 4) is 0 Å². The van der Waals surface area contributed by atoms with E-state index in [2.05, 4.69) is 20.7 Å². The maximum atomic E-state index is 12.7. The summed E-state index contributed by atoms with van der Waals surface area (Å²) in [5.74, 6) is 0. The first-order valence-corrected chi connectivity index (χ1v) is 5.65. The summed E-state index contributed by atoms with van der Waals surface area (Å²) in [6.45, 7) is -0.319. The Hall–Kier alpha value is -0.300. The summed E-state index contributed by atoms with van der Waals surface area (Å²) in [6.07, 6.45) is -4.45. The highest BCUT2D eigenvalue weighted by Crippen LogP contribution is 2.38. The molecule has 1 rings (SSSR count). The Kier molecular flexibility index (Phi) is 5.24. The fraction of sp³-hybridized carbons (Fsp3) is 0.400. The zero-order chi connectivity index (χ0) is 13.1. The molecule has 17 heavy (non-hydrogen) atoms. The maximum absolute atomic E-state index is 12.7. The zero-order valence-corrected chi connectivity index (χ0v) is 11.1. The first-order chi connectivity index (χ1) is 7.88. The molecule has 0 radical (unpaired) electrons. The van der Waals surface area contributed by atoms with Gasteiger partial charge in [0, 0.05) is 17.1 Å². The van der Waals surface area contributed by atoms with Crippen LogP contribution in [-0.4, -0.2) is 13.9 Å². The number of hydrogen-bond acceptors (Lipinski definition) is 2. The molecule has 0 fully saturated rings. The number of ether oxygens (including phenoxy) is 2. The molecular formula is C10H9BrClF3O2. The van der Waals surface area contributed by atoms with Gasteiger partial charge in [-0.2, -0.15) is 13.2 Å². The first kappa shape index (κ1) is 14.8. The molecule has 1 aromatic rings. The van der Waals surface area contributed by atoms with Gasteiger partial charge in [-0.25, -0.2) is 0 Å². The minimum Gasteiger partial charge on any atom is -0.359 e. The van der Waals surface area contributed by atoms with Gasteiger partial charge in [0.15, 0.2) is 0 Å². The molecule has 0 aliphatic carbocycles. The number of benzene rings is 1. The second-order valence-electron chi connectivity index (χ2n) is 3.14. The van der Waals surface area contributed by atoms with Crippen LogP contribution in [0.15, 0.2) is 16.6 Å². The normalized spacial score (nSPS) is 11.9. The van der Waals surface area contributed by atoms with Gasteiger partial charge in [-0.1, -0.05) is 11.6 Å². The van der Waals surface area contributed by atoms with Crippen LogP contribution in [0.4, 0.5) is 13.2 Å². The number of methoxy groups -OCH3 is 1. The van der Waals surface area contributed by atoms with Crippen LogP contribution in [0.2, 0.25) is 5.02 Å². The Morgan fingerprint density at radius 1 is 1.35 bits per heavy atom. The zero-order valence-electron chi connectivity index (χ0n) is 8.78. The van der Waals surface area contributed by atoms with Crippen molar-refractivity contribution in [1.82, 2.24) is 0 Å². The fourth-order valence-corrected chi connectivity index (χ4v) is 1.86. The molecular weight excluding hydrogens is 324 g/mol. The van der Waals surface area contributed by atoms with E-state index in [1.54, 1.807) is 0 Å². The van der Waals surface area contributed by atoms with Crippen LogP contribution in [-0.2, 0) is 22.3 Å². The quantitative estimate of drug-likeness (QED) is 0.606. The summed E-state index contributed by atoms with van der Waals surface area (Å²) in [7, 11) is 1.39. The van der Waals surface area contributed by atoms with Gasteiger partial charge >= 0.3 is 6.18 Å². The van der Waals surface area contributed by atoms with Crippen molar-refractivity contribution in [2.45, 2.75) is 12.8 Å². The molecule has 0 spiro atoms. The summed E-state index contributed by atoms with van der Waals surface area (Å²) in [4.78, 5) is 0. The lowest BCUT2D eigenvalue weighted by atomic mass is 10.1. The Morgan fingerprint density at radius 2 is 2.00 bits per heavy atom. The van der Waals surface area contributed by atoms with Crippen molar-refractivity contribution in [3.63, 3.8) is 0 Å². The van der Waals surface area contributed by atoms with Crippen molar-refractivity contribution < 1.29 is 22.6 Å². The van der Waals surface area contributed by atoms with Crippen molar-refractivity contribution >= 4 is 27.5 Å². The monoisotopic (exact) mass is 332 g/mol. The number of hydrogen-bond donors (Lipinski definition) is 0. The van der Waals surface area contributed by atoms with Crippen LogP contribution in [0.3, 0.4) is 0 Å². The third kappa shape index (κ3) is 3.84. The maximum Gasteiger partial charge on any atom is 0.416 e. The molecule has 96 valence electrons. The van der Waals surface area contributed by atoms with Gasteiger partial charge in [0.1, 0.15) is 6.79 Å². The Balaban J connectivity index is 3.09. The predicted octanol–water partition coefficient (Wildman–Crippen LogP) is 4.24. The van der Waals surface area contributed by atoms with Gasteiger partial charge in [0.05, 0.1) is 17.2 Å². The second kappa shape index (κ2) is 6.04. The summed E-state index contributed by atoms with van der Waals surface area (Å²) in [6, 6.07) is 2.12. The van der Waals surface area contributed by atoms with Crippen molar-refractivity contribution in [3.05, 3.63) is 32.8 Å². The van der Waals surface area contributed by atoms with Crippen LogP contribution in [0.25, 0.3) is 0 Å². The molecule has 0 heterocycles. The molecule has 0 amide bonds. The third-order valence-electron chi connectivity index (χ3n) is 1.95. The van der Waals surface area contributed by atoms with Gasteiger partial charge in [-0.3, -0.25) is 0 Å². The molecule has 0 aliphatic rings. The standard InChI is InChI=1S/C10H9BrClF3O2/c1-16-5-17-4-6-7(10(13,14)15)2-3-8(12)9(6)11/h2-3H,4-5H2,1H3. The SMILES string of the molecule is COCOCc1c(C(F)(F)F)ccc(Cl)c1Br. The largest absolute Gasteiger partial charge is 0.416 e. The average molecular weight is 334 g/mol. The topological polar surface area (TPSA) is 18.5 Å². The van der Waals surface area contributed by atoms with Crippen LogP contribution in [0.1, 0.15) is 11.1 Å². The molecule has 0 N–H and O–H groups in total. The van der Waals surface area contributed by atoms with E-state index in [4.69, 9.17) is 16.3 Å². The summed E-state index contributed by atoms with van der Waals surface area (Å²) < 4.78 is 47.9. The lowest BCUT2D eigenvalue weighted by Crippen LogP contribution is -2.11. The van der Waals surface area contributed by atoms with E-state index >= 15 is 0 Å². The van der Waals surface area contributed by atoms with Crippen LogP contribution in [0, 0.1) is 0 Å².